The average molecular weight is 365 g/mol. The quantitative estimate of drug-likeness (QED) is 0.395. The number of rotatable bonds is 10. The van der Waals surface area contributed by atoms with Crippen molar-refractivity contribution < 1.29 is 20.1 Å². The van der Waals surface area contributed by atoms with E-state index >= 15 is 0 Å². The molecule has 2 rings (SSSR count). The Morgan fingerprint density at radius 3 is 2.81 bits per heavy atom. The van der Waals surface area contributed by atoms with Gasteiger partial charge in [-0.2, -0.15) is 0 Å². The minimum absolute atomic E-state index is 0.116. The second-order valence-electron chi connectivity index (χ2n) is 8.59. The van der Waals surface area contributed by atoms with E-state index in [2.05, 4.69) is 26.0 Å². The van der Waals surface area contributed by atoms with Crippen LogP contribution in [0.3, 0.4) is 0 Å². The maximum Gasteiger partial charge on any atom is 0.303 e. The van der Waals surface area contributed by atoms with E-state index < -0.39 is 12.1 Å². The van der Waals surface area contributed by atoms with Crippen LogP contribution in [0.1, 0.15) is 78.1 Å². The number of hydrogen-bond acceptors (Lipinski definition) is 3. The first kappa shape index (κ1) is 21.2. The van der Waals surface area contributed by atoms with Gasteiger partial charge in [-0.15, -0.1) is 0 Å². The van der Waals surface area contributed by atoms with Crippen LogP contribution in [0, 0.1) is 17.3 Å². The molecule has 0 saturated heterocycles. The first-order valence-corrected chi connectivity index (χ1v) is 10.3. The molecule has 0 aromatic heterocycles. The van der Waals surface area contributed by atoms with Crippen LogP contribution in [-0.2, 0) is 4.79 Å². The van der Waals surface area contributed by atoms with Crippen LogP contribution in [0.2, 0.25) is 0 Å². The molecule has 0 heterocycles. The SMILES string of the molecule is CCCCCC(O)C=CC1C(O)CC2(C)CC(=CCCCC(=O)O)CC12. The Kier molecular flexibility index (Phi) is 7.90. The number of fused-ring (bicyclic) bond motifs is 1. The minimum atomic E-state index is -0.732. The number of carboxylic acid groups (broad SMARTS) is 1. The largest absolute Gasteiger partial charge is 0.481 e. The van der Waals surface area contributed by atoms with Crippen LogP contribution in [-0.4, -0.2) is 33.5 Å². The van der Waals surface area contributed by atoms with Gasteiger partial charge in [-0.1, -0.05) is 56.9 Å². The van der Waals surface area contributed by atoms with Crippen molar-refractivity contribution in [1.82, 2.24) is 0 Å². The average Bonchev–Trinajstić information content (AvgIpc) is 2.99. The second kappa shape index (κ2) is 9.70. The molecule has 26 heavy (non-hydrogen) atoms. The zero-order valence-electron chi connectivity index (χ0n) is 16.4. The van der Waals surface area contributed by atoms with Crippen LogP contribution >= 0.6 is 0 Å². The number of aliphatic hydroxyl groups excluding tert-OH is 2. The van der Waals surface area contributed by atoms with Crippen LogP contribution in [0.15, 0.2) is 23.8 Å². The number of carboxylic acids is 1. The number of aliphatic carboxylic acids is 1. The lowest BCUT2D eigenvalue weighted by atomic mass is 9.80. The first-order valence-electron chi connectivity index (χ1n) is 10.3. The normalized spacial score (nSPS) is 33.8. The van der Waals surface area contributed by atoms with Crippen molar-refractivity contribution in [3.8, 4) is 0 Å². The van der Waals surface area contributed by atoms with Crippen molar-refractivity contribution >= 4 is 5.97 Å². The number of unbranched alkanes of at least 4 members (excludes halogenated alkanes) is 3. The number of allylic oxidation sites excluding steroid dienone is 2. The monoisotopic (exact) mass is 364 g/mol. The highest BCUT2D eigenvalue weighted by molar-refractivity contribution is 5.66. The molecule has 148 valence electrons. The summed E-state index contributed by atoms with van der Waals surface area (Å²) in [5.41, 5.74) is 1.54. The molecule has 2 aliphatic rings. The van der Waals surface area contributed by atoms with Gasteiger partial charge in [0.2, 0.25) is 0 Å². The van der Waals surface area contributed by atoms with Gasteiger partial charge in [-0.25, -0.2) is 0 Å². The van der Waals surface area contributed by atoms with E-state index in [0.29, 0.717) is 12.3 Å². The topological polar surface area (TPSA) is 77.8 Å². The van der Waals surface area contributed by atoms with Crippen molar-refractivity contribution in [2.45, 2.75) is 90.3 Å². The van der Waals surface area contributed by atoms with Crippen LogP contribution < -0.4 is 0 Å². The van der Waals surface area contributed by atoms with E-state index in [4.69, 9.17) is 5.11 Å². The molecule has 4 heteroatoms. The molecule has 0 amide bonds. The Hall–Kier alpha value is -1.13. The van der Waals surface area contributed by atoms with E-state index in [1.54, 1.807) is 0 Å². The Morgan fingerprint density at radius 2 is 2.12 bits per heavy atom. The van der Waals surface area contributed by atoms with Crippen molar-refractivity contribution in [1.29, 1.82) is 0 Å². The molecule has 0 radical (unpaired) electrons. The Balaban J connectivity index is 1.91. The zero-order chi connectivity index (χ0) is 19.2. The van der Waals surface area contributed by atoms with Crippen LogP contribution in [0.25, 0.3) is 0 Å². The molecule has 0 aliphatic heterocycles. The molecule has 3 N–H and O–H groups in total. The third-order valence-corrected chi connectivity index (χ3v) is 6.28. The summed E-state index contributed by atoms with van der Waals surface area (Å²) in [6, 6.07) is 0. The van der Waals surface area contributed by atoms with E-state index in [9.17, 15) is 15.0 Å². The predicted octanol–water partition coefficient (Wildman–Crippen LogP) is 4.46. The highest BCUT2D eigenvalue weighted by Gasteiger charge is 2.52. The Bertz CT molecular complexity index is 524. The fraction of sp³-hybridized carbons (Fsp3) is 0.773. The Labute approximate surface area is 158 Å². The third kappa shape index (κ3) is 5.68. The highest BCUT2D eigenvalue weighted by atomic mass is 16.4. The van der Waals surface area contributed by atoms with Gasteiger partial charge in [0.25, 0.3) is 0 Å². The molecule has 0 aromatic rings. The maximum absolute atomic E-state index is 10.6. The molecule has 0 aromatic carbocycles. The fourth-order valence-electron chi connectivity index (χ4n) is 4.89. The summed E-state index contributed by atoms with van der Waals surface area (Å²) in [6.07, 6.45) is 14.1. The van der Waals surface area contributed by atoms with Gasteiger partial charge >= 0.3 is 5.97 Å². The lowest BCUT2D eigenvalue weighted by molar-refractivity contribution is -0.137. The number of aliphatic hydroxyl groups is 2. The molecule has 2 aliphatic carbocycles. The smallest absolute Gasteiger partial charge is 0.303 e. The minimum Gasteiger partial charge on any atom is -0.481 e. The van der Waals surface area contributed by atoms with Gasteiger partial charge in [0.15, 0.2) is 0 Å². The van der Waals surface area contributed by atoms with Crippen molar-refractivity contribution in [3.05, 3.63) is 23.8 Å². The second-order valence-corrected chi connectivity index (χ2v) is 8.59. The Morgan fingerprint density at radius 1 is 1.35 bits per heavy atom. The van der Waals surface area contributed by atoms with Gasteiger partial charge < -0.3 is 15.3 Å². The molecule has 2 saturated carbocycles. The molecule has 2 fully saturated rings. The maximum atomic E-state index is 10.6. The molecule has 4 nitrogen and oxygen atoms in total. The zero-order valence-corrected chi connectivity index (χ0v) is 16.4. The lowest BCUT2D eigenvalue weighted by Gasteiger charge is -2.24. The van der Waals surface area contributed by atoms with Gasteiger partial charge in [-0.3, -0.25) is 4.79 Å². The molecule has 0 spiro atoms. The van der Waals surface area contributed by atoms with Gasteiger partial charge in [0, 0.05) is 12.3 Å². The van der Waals surface area contributed by atoms with Crippen LogP contribution in [0.5, 0.6) is 0 Å². The summed E-state index contributed by atoms with van der Waals surface area (Å²) in [4.78, 5) is 10.6. The van der Waals surface area contributed by atoms with Crippen molar-refractivity contribution in [2.24, 2.45) is 17.3 Å². The van der Waals surface area contributed by atoms with Gasteiger partial charge in [-0.05, 0) is 49.9 Å². The highest BCUT2D eigenvalue weighted by Crippen LogP contribution is 2.58. The molecule has 5 atom stereocenters. The first-order chi connectivity index (χ1) is 12.4. The summed E-state index contributed by atoms with van der Waals surface area (Å²) >= 11 is 0. The summed E-state index contributed by atoms with van der Waals surface area (Å²) < 4.78 is 0. The van der Waals surface area contributed by atoms with Crippen molar-refractivity contribution in [3.63, 3.8) is 0 Å². The summed E-state index contributed by atoms with van der Waals surface area (Å²) in [6.45, 7) is 4.43. The predicted molar refractivity (Wildman–Crippen MR) is 104 cm³/mol. The third-order valence-electron chi connectivity index (χ3n) is 6.28. The summed E-state index contributed by atoms with van der Waals surface area (Å²) in [7, 11) is 0. The lowest BCUT2D eigenvalue weighted by Crippen LogP contribution is -2.19. The molecular weight excluding hydrogens is 328 g/mol. The standard InChI is InChI=1S/C22H36O4/c1-3-4-5-9-17(23)11-12-18-19-13-16(8-6-7-10-21(25)26)14-22(19,2)15-20(18)24/h8,11-12,17-20,23-24H,3-7,9-10,13-15H2,1-2H3,(H,25,26). The molecule has 0 bridgehead atoms. The molecule has 5 unspecified atom stereocenters. The van der Waals surface area contributed by atoms with Crippen molar-refractivity contribution in [2.75, 3.05) is 0 Å². The van der Waals surface area contributed by atoms with E-state index in [0.717, 1.165) is 51.4 Å². The molecular formula is C22H36O4. The van der Waals surface area contributed by atoms with Gasteiger partial charge in [0.1, 0.15) is 0 Å². The number of hydrogen-bond donors (Lipinski definition) is 3. The summed E-state index contributed by atoms with van der Waals surface area (Å²) in [5, 5.41) is 29.4. The van der Waals surface area contributed by atoms with E-state index in [1.165, 1.54) is 5.57 Å². The number of carbonyl (C=O) groups is 1. The fourth-order valence-corrected chi connectivity index (χ4v) is 4.89. The van der Waals surface area contributed by atoms with E-state index in [-0.39, 0.29) is 23.9 Å². The van der Waals surface area contributed by atoms with Gasteiger partial charge in [0.05, 0.1) is 12.2 Å². The van der Waals surface area contributed by atoms with Crippen LogP contribution in [0.4, 0.5) is 0 Å². The summed E-state index contributed by atoms with van der Waals surface area (Å²) in [5.74, 6) is -0.197. The van der Waals surface area contributed by atoms with E-state index in [1.807, 2.05) is 6.08 Å².